The number of amides is 1. The third-order valence-electron chi connectivity index (χ3n) is 4.33. The number of aromatic nitrogens is 2. The van der Waals surface area contributed by atoms with E-state index in [1.807, 2.05) is 16.7 Å². The molecule has 0 unspecified atom stereocenters. The van der Waals surface area contributed by atoms with Crippen LogP contribution in [0.4, 0.5) is 5.95 Å². The van der Waals surface area contributed by atoms with E-state index in [0.29, 0.717) is 23.3 Å². The van der Waals surface area contributed by atoms with E-state index in [-0.39, 0.29) is 0 Å². The van der Waals surface area contributed by atoms with Crippen LogP contribution in [0.1, 0.15) is 19.3 Å². The van der Waals surface area contributed by atoms with Gasteiger partial charge in [0.15, 0.2) is 0 Å². The maximum Gasteiger partial charge on any atom is 0.225 e. The molecule has 22 heavy (non-hydrogen) atoms. The smallest absolute Gasteiger partial charge is 0.225 e. The fourth-order valence-corrected chi connectivity index (χ4v) is 4.00. The van der Waals surface area contributed by atoms with Crippen LogP contribution in [-0.4, -0.2) is 58.5 Å². The van der Waals surface area contributed by atoms with Crippen LogP contribution in [0.15, 0.2) is 12.4 Å². The molecule has 0 bridgehead atoms. The minimum atomic E-state index is 0.335. The molecule has 2 saturated heterocycles. The van der Waals surface area contributed by atoms with Crippen molar-refractivity contribution in [1.82, 2.24) is 14.9 Å². The van der Waals surface area contributed by atoms with Gasteiger partial charge in [0.25, 0.3) is 0 Å². The molecule has 0 spiro atoms. The van der Waals surface area contributed by atoms with Crippen molar-refractivity contribution in [3.8, 4) is 0 Å². The van der Waals surface area contributed by atoms with Crippen molar-refractivity contribution >= 4 is 35.2 Å². The summed E-state index contributed by atoms with van der Waals surface area (Å²) in [5.41, 5.74) is 0. The van der Waals surface area contributed by atoms with Gasteiger partial charge in [-0.15, -0.1) is 0 Å². The van der Waals surface area contributed by atoms with Crippen molar-refractivity contribution in [3.63, 3.8) is 0 Å². The van der Waals surface area contributed by atoms with E-state index in [1.165, 1.54) is 0 Å². The predicted octanol–water partition coefficient (Wildman–Crippen LogP) is 2.31. The fraction of sp³-hybridized carbons (Fsp3) is 0.667. The molecule has 1 amide bonds. The SMILES string of the molecule is O=C(CC1CCN(c2ncc(Cl)cn2)CC1)N1CCSCC1. The van der Waals surface area contributed by atoms with Crippen LogP contribution >= 0.6 is 23.4 Å². The molecule has 3 heterocycles. The number of hydrogen-bond donors (Lipinski definition) is 0. The Bertz CT molecular complexity index is 499. The summed E-state index contributed by atoms with van der Waals surface area (Å²) in [7, 11) is 0. The lowest BCUT2D eigenvalue weighted by Gasteiger charge is -2.33. The van der Waals surface area contributed by atoms with Gasteiger partial charge in [0.2, 0.25) is 11.9 Å². The summed E-state index contributed by atoms with van der Waals surface area (Å²) < 4.78 is 0. The number of piperidine rings is 1. The van der Waals surface area contributed by atoms with Crippen LogP contribution in [0.25, 0.3) is 0 Å². The second-order valence-electron chi connectivity index (χ2n) is 5.83. The van der Waals surface area contributed by atoms with E-state index < -0.39 is 0 Å². The van der Waals surface area contributed by atoms with Crippen molar-refractivity contribution in [3.05, 3.63) is 17.4 Å². The van der Waals surface area contributed by atoms with Crippen molar-refractivity contribution < 1.29 is 4.79 Å². The maximum absolute atomic E-state index is 12.3. The number of carbonyl (C=O) groups is 1. The number of carbonyl (C=O) groups excluding carboxylic acids is 1. The van der Waals surface area contributed by atoms with Crippen molar-refractivity contribution in [2.75, 3.05) is 42.6 Å². The zero-order chi connectivity index (χ0) is 15.4. The fourth-order valence-electron chi connectivity index (χ4n) is 2.99. The lowest BCUT2D eigenvalue weighted by atomic mass is 9.93. The molecule has 7 heteroatoms. The highest BCUT2D eigenvalue weighted by atomic mass is 35.5. The van der Waals surface area contributed by atoms with Crippen LogP contribution in [0, 0.1) is 5.92 Å². The Morgan fingerprint density at radius 1 is 1.18 bits per heavy atom. The summed E-state index contributed by atoms with van der Waals surface area (Å²) in [4.78, 5) is 25.1. The van der Waals surface area contributed by atoms with E-state index in [4.69, 9.17) is 11.6 Å². The molecule has 0 atom stereocenters. The Morgan fingerprint density at radius 3 is 2.45 bits per heavy atom. The van der Waals surface area contributed by atoms with E-state index in [0.717, 1.165) is 56.5 Å². The van der Waals surface area contributed by atoms with Crippen LogP contribution in [0.3, 0.4) is 0 Å². The molecule has 2 aliphatic rings. The first-order valence-corrected chi connectivity index (χ1v) is 9.33. The molecule has 0 aromatic carbocycles. The Labute approximate surface area is 140 Å². The van der Waals surface area contributed by atoms with Gasteiger partial charge in [0, 0.05) is 44.1 Å². The van der Waals surface area contributed by atoms with E-state index >= 15 is 0 Å². The number of hydrogen-bond acceptors (Lipinski definition) is 5. The molecule has 0 aliphatic carbocycles. The van der Waals surface area contributed by atoms with Gasteiger partial charge in [0.05, 0.1) is 17.4 Å². The molecule has 1 aromatic heterocycles. The minimum absolute atomic E-state index is 0.335. The molecule has 0 N–H and O–H groups in total. The molecule has 0 radical (unpaired) electrons. The predicted molar refractivity (Wildman–Crippen MR) is 90.5 cm³/mol. The summed E-state index contributed by atoms with van der Waals surface area (Å²) in [6, 6.07) is 0. The third kappa shape index (κ3) is 4.04. The van der Waals surface area contributed by atoms with Gasteiger partial charge < -0.3 is 9.80 Å². The average molecular weight is 341 g/mol. The summed E-state index contributed by atoms with van der Waals surface area (Å²) in [5, 5.41) is 0.559. The largest absolute Gasteiger partial charge is 0.341 e. The summed E-state index contributed by atoms with van der Waals surface area (Å²) in [6.45, 7) is 3.66. The summed E-state index contributed by atoms with van der Waals surface area (Å²) >= 11 is 7.75. The van der Waals surface area contributed by atoms with Crippen LogP contribution in [0.5, 0.6) is 0 Å². The molecule has 0 saturated carbocycles. The zero-order valence-electron chi connectivity index (χ0n) is 12.6. The van der Waals surface area contributed by atoms with Crippen molar-refractivity contribution in [1.29, 1.82) is 0 Å². The van der Waals surface area contributed by atoms with Gasteiger partial charge in [-0.3, -0.25) is 4.79 Å². The van der Waals surface area contributed by atoms with Crippen LogP contribution in [0.2, 0.25) is 5.02 Å². The lowest BCUT2D eigenvalue weighted by Crippen LogP contribution is -2.41. The highest BCUT2D eigenvalue weighted by Crippen LogP contribution is 2.24. The zero-order valence-corrected chi connectivity index (χ0v) is 14.2. The first-order valence-electron chi connectivity index (χ1n) is 7.80. The van der Waals surface area contributed by atoms with Gasteiger partial charge in [-0.1, -0.05) is 11.6 Å². The molecule has 5 nitrogen and oxygen atoms in total. The van der Waals surface area contributed by atoms with Gasteiger partial charge in [-0.05, 0) is 18.8 Å². The molecular formula is C15H21ClN4OS. The topological polar surface area (TPSA) is 49.3 Å². The lowest BCUT2D eigenvalue weighted by molar-refractivity contribution is -0.132. The Morgan fingerprint density at radius 2 is 1.82 bits per heavy atom. The first kappa shape index (κ1) is 15.9. The number of thioether (sulfide) groups is 1. The summed E-state index contributed by atoms with van der Waals surface area (Å²) in [5.74, 6) is 3.73. The number of nitrogens with zero attached hydrogens (tertiary/aromatic N) is 4. The van der Waals surface area contributed by atoms with Gasteiger partial charge in [0.1, 0.15) is 0 Å². The normalized spacial score (nSPS) is 20.2. The van der Waals surface area contributed by atoms with Crippen molar-refractivity contribution in [2.45, 2.75) is 19.3 Å². The Hall–Kier alpha value is -1.01. The average Bonchev–Trinajstić information content (AvgIpc) is 2.57. The number of halogens is 1. The van der Waals surface area contributed by atoms with Gasteiger partial charge >= 0.3 is 0 Å². The molecule has 120 valence electrons. The standard InChI is InChI=1S/C15H21ClN4OS/c16-13-10-17-15(18-11-13)20-3-1-12(2-4-20)9-14(21)19-5-7-22-8-6-19/h10-12H,1-9H2. The highest BCUT2D eigenvalue weighted by Gasteiger charge is 2.25. The van der Waals surface area contributed by atoms with Crippen LogP contribution in [-0.2, 0) is 4.79 Å². The third-order valence-corrected chi connectivity index (χ3v) is 5.47. The van der Waals surface area contributed by atoms with E-state index in [2.05, 4.69) is 14.9 Å². The Balaban J connectivity index is 1.47. The quantitative estimate of drug-likeness (QED) is 0.845. The highest BCUT2D eigenvalue weighted by molar-refractivity contribution is 7.99. The molecular weight excluding hydrogens is 320 g/mol. The molecule has 3 rings (SSSR count). The minimum Gasteiger partial charge on any atom is -0.341 e. The van der Waals surface area contributed by atoms with Gasteiger partial charge in [-0.25, -0.2) is 9.97 Å². The number of anilines is 1. The second kappa shape index (κ2) is 7.51. The van der Waals surface area contributed by atoms with Gasteiger partial charge in [-0.2, -0.15) is 11.8 Å². The monoisotopic (exact) mass is 340 g/mol. The van der Waals surface area contributed by atoms with E-state index in [9.17, 15) is 4.79 Å². The number of rotatable bonds is 3. The van der Waals surface area contributed by atoms with E-state index in [1.54, 1.807) is 12.4 Å². The molecule has 2 aliphatic heterocycles. The van der Waals surface area contributed by atoms with Crippen molar-refractivity contribution in [2.24, 2.45) is 5.92 Å². The first-order chi connectivity index (χ1) is 10.7. The molecule has 1 aromatic rings. The summed E-state index contributed by atoms with van der Waals surface area (Å²) in [6.07, 6.45) is 6.02. The molecule has 2 fully saturated rings. The maximum atomic E-state index is 12.3. The Kier molecular flexibility index (Phi) is 5.41. The van der Waals surface area contributed by atoms with Crippen LogP contribution < -0.4 is 4.90 Å². The second-order valence-corrected chi connectivity index (χ2v) is 7.49.